The van der Waals surface area contributed by atoms with Crippen molar-refractivity contribution in [3.63, 3.8) is 0 Å². The monoisotopic (exact) mass is 199 g/mol. The Hall–Kier alpha value is -1.92. The molecule has 0 bridgehead atoms. The number of H-pyrrole nitrogens is 1. The first-order valence-corrected chi connectivity index (χ1v) is 3.96. The molecule has 7 nitrogen and oxygen atoms in total. The summed E-state index contributed by atoms with van der Waals surface area (Å²) < 4.78 is 0. The van der Waals surface area contributed by atoms with Crippen LogP contribution in [0.2, 0.25) is 0 Å². The minimum Gasteiger partial charge on any atom is -0.364 e. The van der Waals surface area contributed by atoms with Crippen molar-refractivity contribution in [2.75, 3.05) is 13.1 Å². The Bertz CT molecular complexity index is 306. The number of rotatable bonds is 5. The third-order valence-corrected chi connectivity index (χ3v) is 1.80. The molecule has 0 radical (unpaired) electrons. The van der Waals surface area contributed by atoms with Gasteiger partial charge >= 0.3 is 0 Å². The molecule has 0 spiro atoms. The first-order valence-electron chi connectivity index (χ1n) is 3.96. The smallest absolute Gasteiger partial charge is 0.218 e. The second kappa shape index (κ2) is 4.35. The van der Waals surface area contributed by atoms with Crippen LogP contribution in [0.5, 0.6) is 0 Å². The molecule has 1 aromatic heterocycles. The Kier molecular flexibility index (Phi) is 3.16. The van der Waals surface area contributed by atoms with E-state index in [1.54, 1.807) is 18.3 Å². The van der Waals surface area contributed by atoms with Gasteiger partial charge in [0.25, 0.3) is 0 Å². The van der Waals surface area contributed by atoms with E-state index in [1.165, 1.54) is 0 Å². The van der Waals surface area contributed by atoms with Crippen molar-refractivity contribution in [3.05, 3.63) is 44.3 Å². The van der Waals surface area contributed by atoms with Crippen LogP contribution < -0.4 is 0 Å². The predicted octanol–water partition coefficient (Wildman–Crippen LogP) is 0.652. The van der Waals surface area contributed by atoms with E-state index in [1.807, 2.05) is 0 Å². The van der Waals surface area contributed by atoms with E-state index in [0.717, 1.165) is 0 Å². The summed E-state index contributed by atoms with van der Waals surface area (Å²) in [5.41, 5.74) is 0.526. The van der Waals surface area contributed by atoms with E-state index in [0.29, 0.717) is 5.69 Å². The second-order valence-corrected chi connectivity index (χ2v) is 2.85. The summed E-state index contributed by atoms with van der Waals surface area (Å²) in [6.45, 7) is -0.858. The molecule has 14 heavy (non-hydrogen) atoms. The van der Waals surface area contributed by atoms with Crippen molar-refractivity contribution in [1.29, 1.82) is 0 Å². The maximum absolute atomic E-state index is 10.3. The Balaban J connectivity index is 2.71. The van der Waals surface area contributed by atoms with Crippen molar-refractivity contribution < 1.29 is 9.85 Å². The zero-order valence-corrected chi connectivity index (χ0v) is 7.25. The minimum absolute atomic E-state index is 0.429. The van der Waals surface area contributed by atoms with Crippen LogP contribution in [0.4, 0.5) is 0 Å². The summed E-state index contributed by atoms with van der Waals surface area (Å²) in [5.74, 6) is -0.685. The van der Waals surface area contributed by atoms with E-state index < -0.39 is 28.9 Å². The first kappa shape index (κ1) is 10.2. The average molecular weight is 199 g/mol. The van der Waals surface area contributed by atoms with Crippen LogP contribution >= 0.6 is 0 Å². The van der Waals surface area contributed by atoms with E-state index in [9.17, 15) is 20.2 Å². The standard InChI is InChI=1S/C7H9N3O4/c11-9(12)4-6(5-10(13)14)7-2-1-3-8-7/h1-3,6,8H,4-5H2. The molecule has 1 heterocycles. The topological polar surface area (TPSA) is 102 Å². The highest BCUT2D eigenvalue weighted by Crippen LogP contribution is 2.13. The fraction of sp³-hybridized carbons (Fsp3) is 0.429. The summed E-state index contributed by atoms with van der Waals surface area (Å²) in [4.78, 5) is 22.2. The molecule has 0 aromatic carbocycles. The van der Waals surface area contributed by atoms with E-state index in [4.69, 9.17) is 0 Å². The van der Waals surface area contributed by atoms with Gasteiger partial charge in [-0.25, -0.2) is 0 Å². The van der Waals surface area contributed by atoms with E-state index in [2.05, 4.69) is 4.98 Å². The van der Waals surface area contributed by atoms with Crippen molar-refractivity contribution in [2.45, 2.75) is 5.92 Å². The molecule has 7 heteroatoms. The number of hydrogen-bond donors (Lipinski definition) is 1. The molecule has 0 saturated carbocycles. The molecule has 1 rings (SSSR count). The van der Waals surface area contributed by atoms with Gasteiger partial charge in [0.05, 0.1) is 0 Å². The zero-order chi connectivity index (χ0) is 10.6. The van der Waals surface area contributed by atoms with Crippen molar-refractivity contribution in [2.24, 2.45) is 0 Å². The molecular formula is C7H9N3O4. The lowest BCUT2D eigenvalue weighted by molar-refractivity contribution is -0.516. The molecule has 1 N–H and O–H groups in total. The van der Waals surface area contributed by atoms with Crippen LogP contribution in [0, 0.1) is 20.2 Å². The summed E-state index contributed by atoms with van der Waals surface area (Å²) in [7, 11) is 0. The van der Waals surface area contributed by atoms with E-state index in [-0.39, 0.29) is 0 Å². The molecule has 0 aliphatic heterocycles. The van der Waals surface area contributed by atoms with Gasteiger partial charge in [0, 0.05) is 21.7 Å². The third kappa shape index (κ3) is 2.85. The lowest BCUT2D eigenvalue weighted by atomic mass is 10.1. The number of nitrogens with zero attached hydrogens (tertiary/aromatic N) is 2. The zero-order valence-electron chi connectivity index (χ0n) is 7.25. The maximum Gasteiger partial charge on any atom is 0.218 e. The maximum atomic E-state index is 10.3. The summed E-state index contributed by atoms with van der Waals surface area (Å²) in [5, 5.41) is 20.5. The number of nitro groups is 2. The summed E-state index contributed by atoms with van der Waals surface area (Å²) in [6.07, 6.45) is 1.59. The Morgan fingerprint density at radius 1 is 1.29 bits per heavy atom. The lowest BCUT2D eigenvalue weighted by Gasteiger charge is -2.05. The van der Waals surface area contributed by atoms with Crippen LogP contribution in [-0.4, -0.2) is 27.9 Å². The SMILES string of the molecule is O=[N+]([O-])CC(C[N+](=O)[O-])c1ccc[nH]1. The van der Waals surface area contributed by atoms with Crippen LogP contribution in [0.15, 0.2) is 18.3 Å². The quantitative estimate of drug-likeness (QED) is 0.555. The van der Waals surface area contributed by atoms with Gasteiger partial charge in [-0.1, -0.05) is 0 Å². The van der Waals surface area contributed by atoms with E-state index >= 15 is 0 Å². The largest absolute Gasteiger partial charge is 0.364 e. The molecular weight excluding hydrogens is 190 g/mol. The lowest BCUT2D eigenvalue weighted by Crippen LogP contribution is -2.21. The van der Waals surface area contributed by atoms with Gasteiger partial charge in [0.2, 0.25) is 13.1 Å². The number of aromatic amines is 1. The van der Waals surface area contributed by atoms with Crippen molar-refractivity contribution in [1.82, 2.24) is 4.98 Å². The second-order valence-electron chi connectivity index (χ2n) is 2.85. The molecule has 76 valence electrons. The molecule has 0 aliphatic carbocycles. The Morgan fingerprint density at radius 3 is 2.21 bits per heavy atom. The van der Waals surface area contributed by atoms with Gasteiger partial charge in [-0.15, -0.1) is 0 Å². The highest BCUT2D eigenvalue weighted by atomic mass is 16.6. The predicted molar refractivity (Wildman–Crippen MR) is 47.3 cm³/mol. The number of nitrogens with one attached hydrogen (secondary N) is 1. The van der Waals surface area contributed by atoms with Crippen molar-refractivity contribution in [3.8, 4) is 0 Å². The van der Waals surface area contributed by atoms with Gasteiger partial charge in [0.15, 0.2) is 0 Å². The molecule has 0 fully saturated rings. The fourth-order valence-electron chi connectivity index (χ4n) is 1.21. The molecule has 0 amide bonds. The highest BCUT2D eigenvalue weighted by molar-refractivity contribution is 5.09. The average Bonchev–Trinajstić information content (AvgIpc) is 2.52. The van der Waals surface area contributed by atoms with Crippen LogP contribution in [0.25, 0.3) is 0 Å². The Morgan fingerprint density at radius 2 is 1.86 bits per heavy atom. The van der Waals surface area contributed by atoms with Crippen LogP contribution in [-0.2, 0) is 0 Å². The van der Waals surface area contributed by atoms with Gasteiger partial charge < -0.3 is 4.98 Å². The normalized spacial score (nSPS) is 10.4. The highest BCUT2D eigenvalue weighted by Gasteiger charge is 2.23. The minimum atomic E-state index is -0.685. The summed E-state index contributed by atoms with van der Waals surface area (Å²) >= 11 is 0. The molecule has 1 aromatic rings. The molecule has 0 unspecified atom stereocenters. The molecule has 0 aliphatic rings. The Labute approximate surface area is 79.0 Å². The van der Waals surface area contributed by atoms with Crippen LogP contribution in [0.3, 0.4) is 0 Å². The fourth-order valence-corrected chi connectivity index (χ4v) is 1.21. The van der Waals surface area contributed by atoms with Crippen molar-refractivity contribution >= 4 is 0 Å². The van der Waals surface area contributed by atoms with Gasteiger partial charge in [-0.3, -0.25) is 20.2 Å². The van der Waals surface area contributed by atoms with Gasteiger partial charge in [-0.2, -0.15) is 0 Å². The first-order chi connectivity index (χ1) is 6.59. The molecule has 0 atom stereocenters. The van der Waals surface area contributed by atoms with Gasteiger partial charge in [-0.05, 0) is 12.1 Å². The third-order valence-electron chi connectivity index (χ3n) is 1.80. The number of aromatic nitrogens is 1. The van der Waals surface area contributed by atoms with Gasteiger partial charge in [0.1, 0.15) is 5.92 Å². The molecule has 0 saturated heterocycles. The summed E-state index contributed by atoms with van der Waals surface area (Å²) in [6, 6.07) is 3.26. The number of hydrogen-bond acceptors (Lipinski definition) is 4. The van der Waals surface area contributed by atoms with Crippen LogP contribution in [0.1, 0.15) is 11.6 Å².